The maximum absolute atomic E-state index is 13.5. The van der Waals surface area contributed by atoms with Crippen LogP contribution in [0.15, 0.2) is 60.7 Å². The first-order chi connectivity index (χ1) is 10.6. The lowest BCUT2D eigenvalue weighted by molar-refractivity contribution is 0.613. The van der Waals surface area contributed by atoms with Crippen LogP contribution < -0.4 is 5.32 Å². The van der Waals surface area contributed by atoms with Gasteiger partial charge in [-0.25, -0.2) is 12.8 Å². The fraction of sp³-hybridized carbons (Fsp3) is 0.0588. The molecule has 0 fully saturated rings. The zero-order valence-corrected chi connectivity index (χ0v) is 12.5. The molecule has 3 nitrogen and oxygen atoms in total. The summed E-state index contributed by atoms with van der Waals surface area (Å²) >= 11 is 0. The van der Waals surface area contributed by atoms with Gasteiger partial charge in [-0.2, -0.15) is 0 Å². The molecule has 0 saturated carbocycles. The maximum atomic E-state index is 13.5. The summed E-state index contributed by atoms with van der Waals surface area (Å²) in [6.07, 6.45) is 0. The van der Waals surface area contributed by atoms with E-state index in [0.717, 1.165) is 16.5 Å². The van der Waals surface area contributed by atoms with Crippen molar-refractivity contribution in [2.45, 2.75) is 5.75 Å². The van der Waals surface area contributed by atoms with Gasteiger partial charge in [0.25, 0.3) is 0 Å². The van der Waals surface area contributed by atoms with Gasteiger partial charge in [-0.05, 0) is 29.1 Å². The molecular formula is C17H14FNO2S. The van der Waals surface area contributed by atoms with Gasteiger partial charge in [-0.15, -0.1) is 0 Å². The first-order valence-electron chi connectivity index (χ1n) is 6.78. The van der Waals surface area contributed by atoms with Crippen molar-refractivity contribution >= 4 is 32.9 Å². The Labute approximate surface area is 129 Å². The minimum absolute atomic E-state index is 0.122. The Morgan fingerprint density at radius 3 is 2.50 bits per heavy atom. The highest BCUT2D eigenvalue weighted by molar-refractivity contribution is 7.71. The number of rotatable bonds is 4. The molecule has 3 aromatic rings. The third-order valence-electron chi connectivity index (χ3n) is 3.43. The van der Waals surface area contributed by atoms with E-state index in [2.05, 4.69) is 5.32 Å². The van der Waals surface area contributed by atoms with E-state index in [9.17, 15) is 12.8 Å². The van der Waals surface area contributed by atoms with E-state index in [0.29, 0.717) is 11.3 Å². The normalized spacial score (nSPS) is 11.0. The monoisotopic (exact) mass is 315 g/mol. The highest BCUT2D eigenvalue weighted by atomic mass is 32.2. The Hall–Kier alpha value is -2.40. The van der Waals surface area contributed by atoms with E-state index in [1.54, 1.807) is 0 Å². The summed E-state index contributed by atoms with van der Waals surface area (Å²) in [6.45, 7) is 0. The molecule has 0 atom stereocenters. The minimum Gasteiger partial charge on any atom is -0.355 e. The predicted molar refractivity (Wildman–Crippen MR) is 87.6 cm³/mol. The molecule has 0 amide bonds. The number of hydrogen-bond acceptors (Lipinski definition) is 3. The molecule has 0 bridgehead atoms. The van der Waals surface area contributed by atoms with Gasteiger partial charge in [0, 0.05) is 16.8 Å². The molecule has 112 valence electrons. The van der Waals surface area contributed by atoms with E-state index in [4.69, 9.17) is 0 Å². The zero-order chi connectivity index (χ0) is 15.5. The fourth-order valence-electron chi connectivity index (χ4n) is 2.42. The van der Waals surface area contributed by atoms with Crippen molar-refractivity contribution in [3.8, 4) is 0 Å². The van der Waals surface area contributed by atoms with Gasteiger partial charge in [0.05, 0.1) is 5.75 Å². The van der Waals surface area contributed by atoms with E-state index < -0.39 is 16.5 Å². The summed E-state index contributed by atoms with van der Waals surface area (Å²) in [5.41, 5.74) is 1.83. The van der Waals surface area contributed by atoms with E-state index >= 15 is 0 Å². The average molecular weight is 315 g/mol. The van der Waals surface area contributed by atoms with Gasteiger partial charge < -0.3 is 5.32 Å². The van der Waals surface area contributed by atoms with Crippen LogP contribution in [0.2, 0.25) is 0 Å². The summed E-state index contributed by atoms with van der Waals surface area (Å²) in [4.78, 5) is 0. The molecule has 0 aliphatic carbocycles. The lowest BCUT2D eigenvalue weighted by Gasteiger charge is -2.13. The van der Waals surface area contributed by atoms with Gasteiger partial charge >= 0.3 is 0 Å². The topological polar surface area (TPSA) is 46.2 Å². The van der Waals surface area contributed by atoms with E-state index in [1.807, 2.05) is 42.5 Å². The Morgan fingerprint density at radius 2 is 1.68 bits per heavy atom. The van der Waals surface area contributed by atoms with Crippen LogP contribution in [-0.4, -0.2) is 8.42 Å². The van der Waals surface area contributed by atoms with Gasteiger partial charge in [0.15, 0.2) is 0 Å². The quantitative estimate of drug-likeness (QED) is 0.719. The molecule has 0 aliphatic heterocycles. The third-order valence-corrected chi connectivity index (χ3v) is 4.03. The standard InChI is InChI=1S/C17H14FNO2S/c18-14-9-8-13(11-22(20)21)17(10-14)19-16-7-3-5-12-4-1-2-6-15(12)16/h1-10,19,22H,11H2. The van der Waals surface area contributed by atoms with Gasteiger partial charge in [0.2, 0.25) is 0 Å². The van der Waals surface area contributed by atoms with Crippen LogP contribution in [-0.2, 0) is 16.5 Å². The molecular weight excluding hydrogens is 301 g/mol. The van der Waals surface area contributed by atoms with Crippen LogP contribution >= 0.6 is 0 Å². The summed E-state index contributed by atoms with van der Waals surface area (Å²) in [5, 5.41) is 5.20. The third kappa shape index (κ3) is 3.09. The lowest BCUT2D eigenvalue weighted by atomic mass is 10.1. The number of hydrogen-bond donors (Lipinski definition) is 2. The van der Waals surface area contributed by atoms with Crippen LogP contribution in [0.5, 0.6) is 0 Å². The largest absolute Gasteiger partial charge is 0.355 e. The van der Waals surface area contributed by atoms with Crippen molar-refractivity contribution in [1.82, 2.24) is 0 Å². The molecule has 0 saturated heterocycles. The second-order valence-corrected chi connectivity index (χ2v) is 5.93. The Bertz CT molecular complexity index is 893. The SMILES string of the molecule is O=[SH](=O)Cc1ccc(F)cc1Nc1cccc2ccccc12. The molecule has 22 heavy (non-hydrogen) atoms. The molecule has 1 N–H and O–H groups in total. The van der Waals surface area contributed by atoms with Gasteiger partial charge in [0.1, 0.15) is 16.5 Å². The van der Waals surface area contributed by atoms with Crippen LogP contribution in [0.1, 0.15) is 5.56 Å². The minimum atomic E-state index is -2.57. The summed E-state index contributed by atoms with van der Waals surface area (Å²) in [6, 6.07) is 17.7. The summed E-state index contributed by atoms with van der Waals surface area (Å²) < 4.78 is 35.5. The Kier molecular flexibility index (Phi) is 4.06. The average Bonchev–Trinajstić information content (AvgIpc) is 2.50. The van der Waals surface area contributed by atoms with Crippen LogP contribution in [0.3, 0.4) is 0 Å². The lowest BCUT2D eigenvalue weighted by Crippen LogP contribution is -1.98. The van der Waals surface area contributed by atoms with Gasteiger partial charge in [-0.1, -0.05) is 42.5 Å². The van der Waals surface area contributed by atoms with Crippen molar-refractivity contribution < 1.29 is 12.8 Å². The van der Waals surface area contributed by atoms with Crippen molar-refractivity contribution in [2.75, 3.05) is 5.32 Å². The number of anilines is 2. The summed E-state index contributed by atoms with van der Waals surface area (Å²) in [7, 11) is -2.57. The van der Waals surface area contributed by atoms with Crippen molar-refractivity contribution in [1.29, 1.82) is 0 Å². The molecule has 0 spiro atoms. The van der Waals surface area contributed by atoms with Crippen molar-refractivity contribution in [3.63, 3.8) is 0 Å². The number of thiol groups is 1. The smallest absolute Gasteiger partial charge is 0.144 e. The molecule has 0 aliphatic rings. The van der Waals surface area contributed by atoms with E-state index in [1.165, 1.54) is 18.2 Å². The second-order valence-electron chi connectivity index (χ2n) is 4.94. The summed E-state index contributed by atoms with van der Waals surface area (Å²) in [5.74, 6) is -0.532. The highest BCUT2D eigenvalue weighted by Crippen LogP contribution is 2.28. The molecule has 0 unspecified atom stereocenters. The van der Waals surface area contributed by atoms with Gasteiger partial charge in [-0.3, -0.25) is 0 Å². The number of benzene rings is 3. The molecule has 5 heteroatoms. The second kappa shape index (κ2) is 6.15. The first-order valence-corrected chi connectivity index (χ1v) is 8.15. The Balaban J connectivity index is 2.06. The van der Waals surface area contributed by atoms with E-state index in [-0.39, 0.29) is 5.75 Å². The van der Waals surface area contributed by atoms with Crippen LogP contribution in [0, 0.1) is 5.82 Å². The number of fused-ring (bicyclic) bond motifs is 1. The number of nitrogens with one attached hydrogen (secondary N) is 1. The predicted octanol–water partition coefficient (Wildman–Crippen LogP) is 3.83. The zero-order valence-electron chi connectivity index (χ0n) is 11.6. The molecule has 3 aromatic carbocycles. The fourth-order valence-corrected chi connectivity index (χ4v) is 2.98. The maximum Gasteiger partial charge on any atom is 0.144 e. The molecule has 3 rings (SSSR count). The number of halogens is 1. The van der Waals surface area contributed by atoms with Crippen LogP contribution in [0.4, 0.5) is 15.8 Å². The molecule has 0 radical (unpaired) electrons. The molecule has 0 heterocycles. The van der Waals surface area contributed by atoms with Crippen molar-refractivity contribution in [2.24, 2.45) is 0 Å². The first kappa shape index (κ1) is 14.5. The van der Waals surface area contributed by atoms with Crippen LogP contribution in [0.25, 0.3) is 10.8 Å². The van der Waals surface area contributed by atoms with Crippen molar-refractivity contribution in [3.05, 3.63) is 72.0 Å². The highest BCUT2D eigenvalue weighted by Gasteiger charge is 2.08. The Morgan fingerprint density at radius 1 is 0.909 bits per heavy atom. The molecule has 0 aromatic heterocycles.